The number of hydrogen-bond donors (Lipinski definition) is 1. The topological polar surface area (TPSA) is 23.5 Å². The van der Waals surface area contributed by atoms with E-state index in [1.54, 1.807) is 0 Å². The summed E-state index contributed by atoms with van der Waals surface area (Å²) in [6, 6.07) is 0. The van der Waals surface area contributed by atoms with E-state index in [-0.39, 0.29) is 11.5 Å². The molecule has 1 rings (SSSR count). The first-order valence-corrected chi connectivity index (χ1v) is 7.19. The lowest BCUT2D eigenvalue weighted by atomic mass is 9.69. The van der Waals surface area contributed by atoms with Crippen LogP contribution >= 0.6 is 0 Å². The predicted octanol–water partition coefficient (Wildman–Crippen LogP) is 3.15. The van der Waals surface area contributed by atoms with Crippen LogP contribution in [0, 0.1) is 17.3 Å². The molecule has 102 valence electrons. The van der Waals surface area contributed by atoms with Crippen molar-refractivity contribution in [3.05, 3.63) is 0 Å². The smallest absolute Gasteiger partial charge is 0.0631 e. The van der Waals surface area contributed by atoms with Gasteiger partial charge >= 0.3 is 0 Å². The molecule has 1 aliphatic rings. The molecule has 1 N–H and O–H groups in total. The molecule has 1 saturated carbocycles. The molecule has 0 bridgehead atoms. The molecule has 0 aliphatic heterocycles. The Labute approximate surface area is 107 Å². The first-order chi connectivity index (χ1) is 7.83. The van der Waals surface area contributed by atoms with Crippen LogP contribution < -0.4 is 0 Å². The van der Waals surface area contributed by atoms with Gasteiger partial charge in [-0.05, 0) is 50.1 Å². The van der Waals surface area contributed by atoms with Gasteiger partial charge in [-0.25, -0.2) is 0 Å². The third kappa shape index (κ3) is 4.59. The van der Waals surface area contributed by atoms with E-state index in [9.17, 15) is 5.11 Å². The van der Waals surface area contributed by atoms with Gasteiger partial charge in [0.2, 0.25) is 0 Å². The van der Waals surface area contributed by atoms with Crippen LogP contribution in [0.15, 0.2) is 0 Å². The van der Waals surface area contributed by atoms with Gasteiger partial charge in [0.25, 0.3) is 0 Å². The number of nitrogens with zero attached hydrogens (tertiary/aromatic N) is 1. The predicted molar refractivity (Wildman–Crippen MR) is 74.1 cm³/mol. The molecule has 0 aromatic rings. The minimum atomic E-state index is -0.127. The Balaban J connectivity index is 2.39. The summed E-state index contributed by atoms with van der Waals surface area (Å²) < 4.78 is 0. The van der Waals surface area contributed by atoms with E-state index < -0.39 is 0 Å². The van der Waals surface area contributed by atoms with Gasteiger partial charge in [0.1, 0.15) is 0 Å². The Morgan fingerprint density at radius 2 is 2.00 bits per heavy atom. The van der Waals surface area contributed by atoms with Crippen LogP contribution in [-0.4, -0.2) is 36.2 Å². The number of aliphatic hydroxyl groups excluding tert-OH is 1. The van der Waals surface area contributed by atoms with Gasteiger partial charge < -0.3 is 10.0 Å². The van der Waals surface area contributed by atoms with Gasteiger partial charge in [0, 0.05) is 6.54 Å². The van der Waals surface area contributed by atoms with Crippen LogP contribution in [0.3, 0.4) is 0 Å². The Morgan fingerprint density at radius 1 is 1.35 bits per heavy atom. The summed E-state index contributed by atoms with van der Waals surface area (Å²) in [4.78, 5) is 2.40. The van der Waals surface area contributed by atoms with Crippen molar-refractivity contribution in [1.82, 2.24) is 4.90 Å². The lowest BCUT2D eigenvalue weighted by Crippen LogP contribution is -2.44. The third-order valence-corrected chi connectivity index (χ3v) is 4.28. The highest BCUT2D eigenvalue weighted by Crippen LogP contribution is 2.39. The Bertz CT molecular complexity index is 225. The van der Waals surface area contributed by atoms with Crippen LogP contribution in [0.2, 0.25) is 0 Å². The molecule has 1 aliphatic carbocycles. The third-order valence-electron chi connectivity index (χ3n) is 4.28. The Morgan fingerprint density at radius 3 is 2.59 bits per heavy atom. The van der Waals surface area contributed by atoms with E-state index in [4.69, 9.17) is 0 Å². The second-order valence-corrected chi connectivity index (χ2v) is 7.03. The first-order valence-electron chi connectivity index (χ1n) is 7.19. The van der Waals surface area contributed by atoms with Gasteiger partial charge in [-0.3, -0.25) is 0 Å². The minimum Gasteiger partial charge on any atom is -0.392 e. The molecular weight excluding hydrogens is 210 g/mol. The van der Waals surface area contributed by atoms with Crippen LogP contribution in [0.1, 0.15) is 53.4 Å². The zero-order valence-corrected chi connectivity index (χ0v) is 12.4. The first kappa shape index (κ1) is 15.0. The monoisotopic (exact) mass is 241 g/mol. The highest BCUT2D eigenvalue weighted by molar-refractivity contribution is 4.89. The van der Waals surface area contributed by atoms with Gasteiger partial charge in [-0.15, -0.1) is 0 Å². The summed E-state index contributed by atoms with van der Waals surface area (Å²) in [5.74, 6) is 1.24. The molecule has 2 atom stereocenters. The highest BCUT2D eigenvalue weighted by atomic mass is 16.3. The van der Waals surface area contributed by atoms with Gasteiger partial charge in [-0.2, -0.15) is 0 Å². The number of aliphatic hydroxyl groups is 1. The van der Waals surface area contributed by atoms with Gasteiger partial charge in [0.05, 0.1) is 6.10 Å². The average molecular weight is 241 g/mol. The maximum atomic E-state index is 10.4. The summed E-state index contributed by atoms with van der Waals surface area (Å²) in [5.41, 5.74) is 0.113. The summed E-state index contributed by atoms with van der Waals surface area (Å²) in [7, 11) is 2.19. The van der Waals surface area contributed by atoms with E-state index in [0.29, 0.717) is 5.92 Å². The second-order valence-electron chi connectivity index (χ2n) is 7.03. The Kier molecular flexibility index (Phi) is 5.46. The van der Waals surface area contributed by atoms with Gasteiger partial charge in [0.15, 0.2) is 0 Å². The van der Waals surface area contributed by atoms with E-state index in [1.807, 2.05) is 0 Å². The lowest BCUT2D eigenvalue weighted by Gasteiger charge is -2.42. The molecule has 0 aromatic heterocycles. The zero-order valence-electron chi connectivity index (χ0n) is 12.4. The maximum absolute atomic E-state index is 10.4. The average Bonchev–Trinajstić information content (AvgIpc) is 2.22. The van der Waals surface area contributed by atoms with Crippen LogP contribution in [0.4, 0.5) is 0 Å². The Hall–Kier alpha value is -0.0800. The van der Waals surface area contributed by atoms with E-state index >= 15 is 0 Å². The van der Waals surface area contributed by atoms with Gasteiger partial charge in [-0.1, -0.05) is 34.1 Å². The lowest BCUT2D eigenvalue weighted by molar-refractivity contribution is -0.0410. The van der Waals surface area contributed by atoms with Crippen molar-refractivity contribution in [2.75, 3.05) is 20.1 Å². The molecule has 2 heteroatoms. The molecule has 2 unspecified atom stereocenters. The SMILES string of the molecule is CC(C)CCN(C)CC1CCCC(C)(C)C1O. The molecule has 0 saturated heterocycles. The highest BCUT2D eigenvalue weighted by Gasteiger charge is 2.37. The fourth-order valence-corrected chi connectivity index (χ4v) is 2.93. The number of hydrogen-bond acceptors (Lipinski definition) is 2. The number of rotatable bonds is 5. The van der Waals surface area contributed by atoms with Crippen molar-refractivity contribution in [2.24, 2.45) is 17.3 Å². The van der Waals surface area contributed by atoms with Crippen molar-refractivity contribution >= 4 is 0 Å². The maximum Gasteiger partial charge on any atom is 0.0631 e. The fraction of sp³-hybridized carbons (Fsp3) is 1.00. The normalized spacial score (nSPS) is 28.9. The van der Waals surface area contributed by atoms with Crippen LogP contribution in [0.25, 0.3) is 0 Å². The van der Waals surface area contributed by atoms with E-state index in [1.165, 1.54) is 25.7 Å². The summed E-state index contributed by atoms with van der Waals surface area (Å²) in [5, 5.41) is 10.4. The summed E-state index contributed by atoms with van der Waals surface area (Å²) >= 11 is 0. The fourth-order valence-electron chi connectivity index (χ4n) is 2.93. The van der Waals surface area contributed by atoms with Crippen molar-refractivity contribution in [3.63, 3.8) is 0 Å². The van der Waals surface area contributed by atoms with E-state index in [0.717, 1.165) is 19.0 Å². The summed E-state index contributed by atoms with van der Waals surface area (Å²) in [6.45, 7) is 11.2. The molecule has 0 amide bonds. The van der Waals surface area contributed by atoms with Crippen molar-refractivity contribution < 1.29 is 5.11 Å². The molecule has 0 radical (unpaired) electrons. The van der Waals surface area contributed by atoms with Crippen molar-refractivity contribution in [3.8, 4) is 0 Å². The molecule has 17 heavy (non-hydrogen) atoms. The molecule has 0 heterocycles. The van der Waals surface area contributed by atoms with Crippen molar-refractivity contribution in [1.29, 1.82) is 0 Å². The molecule has 2 nitrogen and oxygen atoms in total. The second kappa shape index (κ2) is 6.19. The molecule has 0 spiro atoms. The van der Waals surface area contributed by atoms with Crippen LogP contribution in [-0.2, 0) is 0 Å². The largest absolute Gasteiger partial charge is 0.392 e. The van der Waals surface area contributed by atoms with E-state index in [2.05, 4.69) is 39.6 Å². The molecular formula is C15H31NO. The summed E-state index contributed by atoms with van der Waals surface area (Å²) in [6.07, 6.45) is 4.75. The van der Waals surface area contributed by atoms with Crippen molar-refractivity contribution in [2.45, 2.75) is 59.5 Å². The van der Waals surface area contributed by atoms with Crippen LogP contribution in [0.5, 0.6) is 0 Å². The minimum absolute atomic E-state index is 0.113. The molecule has 0 aromatic carbocycles. The standard InChI is InChI=1S/C15H31NO/c1-12(2)8-10-16(5)11-13-7-6-9-15(3,4)14(13)17/h12-14,17H,6-11H2,1-5H3. The quantitative estimate of drug-likeness (QED) is 0.799. The zero-order chi connectivity index (χ0) is 13.1. The molecule has 1 fully saturated rings.